The topological polar surface area (TPSA) is 116 Å². The summed E-state index contributed by atoms with van der Waals surface area (Å²) >= 11 is 0. The minimum absolute atomic E-state index is 0.126. The predicted molar refractivity (Wildman–Crippen MR) is 129 cm³/mol. The second-order valence-electron chi connectivity index (χ2n) is 8.07. The Kier molecular flexibility index (Phi) is 8.19. The highest BCUT2D eigenvalue weighted by Gasteiger charge is 2.24. The van der Waals surface area contributed by atoms with Crippen molar-refractivity contribution in [2.75, 3.05) is 5.32 Å². The van der Waals surface area contributed by atoms with E-state index in [4.69, 9.17) is 4.74 Å². The number of anilines is 1. The zero-order valence-electron chi connectivity index (χ0n) is 19.3. The molecule has 0 spiro atoms. The molecule has 0 aliphatic heterocycles. The Bertz CT molecular complexity index is 1190. The van der Waals surface area contributed by atoms with E-state index in [1.54, 1.807) is 36.5 Å². The highest BCUT2D eigenvalue weighted by Crippen LogP contribution is 2.27. The molecular formula is C26H27N5O3. The number of aromatic nitrogens is 1. The van der Waals surface area contributed by atoms with Crippen LogP contribution in [0.5, 0.6) is 11.6 Å². The maximum atomic E-state index is 12.9. The van der Waals surface area contributed by atoms with Crippen LogP contribution in [0.15, 0.2) is 66.9 Å². The Morgan fingerprint density at radius 3 is 2.53 bits per heavy atom. The molecule has 174 valence electrons. The van der Waals surface area contributed by atoms with Crippen molar-refractivity contribution in [2.45, 2.75) is 33.4 Å². The Hall–Kier alpha value is -4.38. The van der Waals surface area contributed by atoms with Gasteiger partial charge >= 0.3 is 6.03 Å². The zero-order chi connectivity index (χ0) is 24.5. The number of hydrogen-bond donors (Lipinski definition) is 3. The second-order valence-corrected chi connectivity index (χ2v) is 8.07. The number of aryl methyl sites for hydroxylation is 1. The van der Waals surface area contributed by atoms with Gasteiger partial charge in [0.05, 0.1) is 0 Å². The fraction of sp³-hybridized carbons (Fsp3) is 0.231. The van der Waals surface area contributed by atoms with Gasteiger partial charge in [-0.05, 0) is 54.3 Å². The van der Waals surface area contributed by atoms with E-state index in [0.717, 1.165) is 11.1 Å². The Morgan fingerprint density at radius 1 is 1.09 bits per heavy atom. The predicted octanol–water partition coefficient (Wildman–Crippen LogP) is 4.52. The van der Waals surface area contributed by atoms with Crippen LogP contribution in [0.4, 0.5) is 10.5 Å². The van der Waals surface area contributed by atoms with Crippen LogP contribution in [0.1, 0.15) is 30.5 Å². The molecule has 0 saturated heterocycles. The molecule has 1 unspecified atom stereocenters. The first-order chi connectivity index (χ1) is 16.4. The quantitative estimate of drug-likeness (QED) is 0.460. The molecule has 3 rings (SSSR count). The lowest BCUT2D eigenvalue weighted by Gasteiger charge is -2.22. The number of benzene rings is 2. The minimum atomic E-state index is -0.724. The van der Waals surface area contributed by atoms with Crippen LogP contribution in [-0.2, 0) is 11.3 Å². The number of amides is 3. The standard InChI is InChI=1S/C26H27N5O3/c1-17(2)23(31-26(33)29-16-19-8-5-4-6-9-19)24(32)30-22-12-11-21(14-18(22)3)34-25-20(15-27)10-7-13-28-25/h4-14,17,23H,16H2,1-3H3,(H,30,32)(H2,29,31,33). The van der Waals surface area contributed by atoms with Gasteiger partial charge in [0.15, 0.2) is 0 Å². The van der Waals surface area contributed by atoms with Gasteiger partial charge in [0.25, 0.3) is 0 Å². The van der Waals surface area contributed by atoms with Gasteiger partial charge in [-0.2, -0.15) is 5.26 Å². The van der Waals surface area contributed by atoms with Crippen molar-refractivity contribution < 1.29 is 14.3 Å². The van der Waals surface area contributed by atoms with Gasteiger partial charge < -0.3 is 20.7 Å². The van der Waals surface area contributed by atoms with E-state index in [0.29, 0.717) is 23.5 Å². The molecule has 1 aromatic heterocycles. The van der Waals surface area contributed by atoms with Crippen LogP contribution in [0.25, 0.3) is 0 Å². The molecule has 0 fully saturated rings. The summed E-state index contributed by atoms with van der Waals surface area (Å²) in [5.41, 5.74) is 2.65. The van der Waals surface area contributed by atoms with Crippen LogP contribution in [-0.4, -0.2) is 23.0 Å². The molecule has 0 saturated carbocycles. The third kappa shape index (κ3) is 6.56. The molecule has 8 nitrogen and oxygen atoms in total. The first-order valence-corrected chi connectivity index (χ1v) is 10.9. The monoisotopic (exact) mass is 457 g/mol. The largest absolute Gasteiger partial charge is 0.438 e. The number of hydrogen-bond acceptors (Lipinski definition) is 5. The SMILES string of the molecule is Cc1cc(Oc2ncccc2C#N)ccc1NC(=O)C(NC(=O)NCc1ccccc1)C(C)C. The average Bonchev–Trinajstić information content (AvgIpc) is 2.83. The van der Waals surface area contributed by atoms with Gasteiger partial charge in [0.2, 0.25) is 11.8 Å². The molecule has 0 aliphatic rings. The summed E-state index contributed by atoms with van der Waals surface area (Å²) in [7, 11) is 0. The molecule has 0 radical (unpaired) electrons. The van der Waals surface area contributed by atoms with Gasteiger partial charge in [-0.1, -0.05) is 44.2 Å². The van der Waals surface area contributed by atoms with E-state index in [9.17, 15) is 14.9 Å². The van der Waals surface area contributed by atoms with Gasteiger partial charge in [-0.3, -0.25) is 4.79 Å². The van der Waals surface area contributed by atoms with Gasteiger partial charge in [0, 0.05) is 18.4 Å². The Morgan fingerprint density at radius 2 is 1.85 bits per heavy atom. The lowest BCUT2D eigenvalue weighted by Crippen LogP contribution is -2.50. The highest BCUT2D eigenvalue weighted by molar-refractivity contribution is 5.97. The van der Waals surface area contributed by atoms with Crippen molar-refractivity contribution in [3.63, 3.8) is 0 Å². The third-order valence-electron chi connectivity index (χ3n) is 5.09. The van der Waals surface area contributed by atoms with Crippen LogP contribution in [0.2, 0.25) is 0 Å². The Labute approximate surface area is 199 Å². The van der Waals surface area contributed by atoms with E-state index in [-0.39, 0.29) is 17.7 Å². The second kappa shape index (κ2) is 11.5. The lowest BCUT2D eigenvalue weighted by molar-refractivity contribution is -0.118. The van der Waals surface area contributed by atoms with Crippen molar-refractivity contribution in [1.29, 1.82) is 5.26 Å². The number of nitrogens with zero attached hydrogens (tertiary/aromatic N) is 2. The number of nitriles is 1. The summed E-state index contributed by atoms with van der Waals surface area (Å²) in [5, 5.41) is 17.6. The molecule has 8 heteroatoms. The minimum Gasteiger partial charge on any atom is -0.438 e. The summed E-state index contributed by atoms with van der Waals surface area (Å²) in [6.07, 6.45) is 1.55. The number of pyridine rings is 1. The van der Waals surface area contributed by atoms with E-state index >= 15 is 0 Å². The lowest BCUT2D eigenvalue weighted by atomic mass is 10.0. The van der Waals surface area contributed by atoms with E-state index < -0.39 is 12.1 Å². The fourth-order valence-electron chi connectivity index (χ4n) is 3.22. The Balaban J connectivity index is 1.62. The van der Waals surface area contributed by atoms with E-state index in [1.807, 2.05) is 57.2 Å². The maximum absolute atomic E-state index is 12.9. The summed E-state index contributed by atoms with van der Waals surface area (Å²) in [4.78, 5) is 29.4. The van der Waals surface area contributed by atoms with Crippen molar-refractivity contribution in [1.82, 2.24) is 15.6 Å². The number of carbonyl (C=O) groups excluding carboxylic acids is 2. The first kappa shape index (κ1) is 24.3. The normalized spacial score (nSPS) is 11.3. The molecule has 3 aromatic rings. The zero-order valence-corrected chi connectivity index (χ0v) is 19.3. The smallest absolute Gasteiger partial charge is 0.315 e. The molecule has 1 atom stereocenters. The summed E-state index contributed by atoms with van der Waals surface area (Å²) < 4.78 is 5.73. The number of carbonyl (C=O) groups is 2. The number of ether oxygens (including phenoxy) is 1. The molecule has 3 N–H and O–H groups in total. The summed E-state index contributed by atoms with van der Waals surface area (Å²) in [6, 6.07) is 18.9. The number of rotatable bonds is 8. The molecule has 0 aliphatic carbocycles. The first-order valence-electron chi connectivity index (χ1n) is 10.9. The van der Waals surface area contributed by atoms with E-state index in [1.165, 1.54) is 0 Å². The molecule has 34 heavy (non-hydrogen) atoms. The fourth-order valence-corrected chi connectivity index (χ4v) is 3.22. The number of nitrogens with one attached hydrogen (secondary N) is 3. The number of urea groups is 1. The summed E-state index contributed by atoms with van der Waals surface area (Å²) in [5.74, 6) is 0.258. The van der Waals surface area contributed by atoms with Crippen molar-refractivity contribution >= 4 is 17.6 Å². The van der Waals surface area contributed by atoms with Crippen LogP contribution < -0.4 is 20.7 Å². The van der Waals surface area contributed by atoms with Gasteiger partial charge in [0.1, 0.15) is 23.4 Å². The average molecular weight is 458 g/mol. The van der Waals surface area contributed by atoms with E-state index in [2.05, 4.69) is 20.9 Å². The maximum Gasteiger partial charge on any atom is 0.315 e. The third-order valence-corrected chi connectivity index (χ3v) is 5.09. The van der Waals surface area contributed by atoms with Gasteiger partial charge in [-0.15, -0.1) is 0 Å². The molecular weight excluding hydrogens is 430 g/mol. The molecule has 1 heterocycles. The summed E-state index contributed by atoms with van der Waals surface area (Å²) in [6.45, 7) is 5.93. The van der Waals surface area contributed by atoms with Crippen molar-refractivity contribution in [3.05, 3.63) is 83.6 Å². The van der Waals surface area contributed by atoms with Crippen molar-refractivity contribution in [3.8, 4) is 17.7 Å². The van der Waals surface area contributed by atoms with Gasteiger partial charge in [-0.25, -0.2) is 9.78 Å². The molecule has 0 bridgehead atoms. The van der Waals surface area contributed by atoms with Crippen LogP contribution in [0, 0.1) is 24.2 Å². The van der Waals surface area contributed by atoms with Crippen LogP contribution in [0.3, 0.4) is 0 Å². The van der Waals surface area contributed by atoms with Crippen LogP contribution >= 0.6 is 0 Å². The molecule has 3 amide bonds. The highest BCUT2D eigenvalue weighted by atomic mass is 16.5. The molecule has 2 aromatic carbocycles. The van der Waals surface area contributed by atoms with Crippen molar-refractivity contribution in [2.24, 2.45) is 5.92 Å².